The summed E-state index contributed by atoms with van der Waals surface area (Å²) in [6, 6.07) is 11.3. The number of esters is 1. The Morgan fingerprint density at radius 1 is 1.00 bits per heavy atom. The molecule has 0 aliphatic rings. The van der Waals surface area contributed by atoms with Gasteiger partial charge in [-0.15, -0.1) is 0 Å². The first-order valence-corrected chi connectivity index (χ1v) is 7.88. The van der Waals surface area contributed by atoms with Crippen molar-refractivity contribution in [2.75, 3.05) is 27.9 Å². The van der Waals surface area contributed by atoms with E-state index in [2.05, 4.69) is 0 Å². The SMILES string of the molecule is CCOC(=O)/C=C/c1cc(OC)ccc1-c1cccc(OC)c1OC. The van der Waals surface area contributed by atoms with Crippen LogP contribution in [0.4, 0.5) is 0 Å². The molecule has 0 heterocycles. The summed E-state index contributed by atoms with van der Waals surface area (Å²) in [5.41, 5.74) is 2.55. The van der Waals surface area contributed by atoms with Crippen LogP contribution in [0, 0.1) is 0 Å². The Bertz CT molecular complexity index is 765. The molecule has 25 heavy (non-hydrogen) atoms. The van der Waals surface area contributed by atoms with Gasteiger partial charge in [0.2, 0.25) is 0 Å². The number of methoxy groups -OCH3 is 3. The lowest BCUT2D eigenvalue weighted by atomic mass is 9.97. The molecule has 0 radical (unpaired) electrons. The molecule has 0 bridgehead atoms. The maximum absolute atomic E-state index is 11.7. The lowest BCUT2D eigenvalue weighted by Crippen LogP contribution is -1.99. The van der Waals surface area contributed by atoms with Crippen LogP contribution in [0.25, 0.3) is 17.2 Å². The zero-order valence-corrected chi connectivity index (χ0v) is 14.9. The fourth-order valence-electron chi connectivity index (χ4n) is 2.50. The summed E-state index contributed by atoms with van der Waals surface area (Å²) < 4.78 is 21.1. The molecule has 0 unspecified atom stereocenters. The minimum absolute atomic E-state index is 0.331. The number of rotatable bonds is 7. The summed E-state index contributed by atoms with van der Waals surface area (Å²) in [5.74, 6) is 1.56. The largest absolute Gasteiger partial charge is 0.497 e. The van der Waals surface area contributed by atoms with E-state index < -0.39 is 5.97 Å². The van der Waals surface area contributed by atoms with Crippen LogP contribution in [0.3, 0.4) is 0 Å². The van der Waals surface area contributed by atoms with Crippen LogP contribution in [0.15, 0.2) is 42.5 Å². The van der Waals surface area contributed by atoms with Crippen molar-refractivity contribution in [3.05, 3.63) is 48.0 Å². The molecule has 0 amide bonds. The third-order valence-corrected chi connectivity index (χ3v) is 3.64. The van der Waals surface area contributed by atoms with Crippen molar-refractivity contribution in [2.45, 2.75) is 6.92 Å². The Balaban J connectivity index is 2.56. The molecule has 0 fully saturated rings. The maximum Gasteiger partial charge on any atom is 0.330 e. The Labute approximate surface area is 147 Å². The van der Waals surface area contributed by atoms with Crippen molar-refractivity contribution in [1.82, 2.24) is 0 Å². The molecule has 132 valence electrons. The minimum Gasteiger partial charge on any atom is -0.497 e. The number of hydrogen-bond donors (Lipinski definition) is 0. The lowest BCUT2D eigenvalue weighted by molar-refractivity contribution is -0.137. The standard InChI is InChI=1S/C20H22O5/c1-5-25-19(21)12-9-14-13-15(22-2)10-11-16(14)17-7-6-8-18(23-3)20(17)24-4/h6-13H,5H2,1-4H3/b12-9+. The maximum atomic E-state index is 11.7. The van der Waals surface area contributed by atoms with Crippen LogP contribution in [-0.2, 0) is 9.53 Å². The van der Waals surface area contributed by atoms with Crippen LogP contribution < -0.4 is 14.2 Å². The van der Waals surface area contributed by atoms with Crippen molar-refractivity contribution >= 4 is 12.0 Å². The predicted molar refractivity (Wildman–Crippen MR) is 97.2 cm³/mol. The van der Waals surface area contributed by atoms with Crippen LogP contribution >= 0.6 is 0 Å². The number of hydrogen-bond acceptors (Lipinski definition) is 5. The number of para-hydroxylation sites is 1. The van der Waals surface area contributed by atoms with Gasteiger partial charge in [-0.2, -0.15) is 0 Å². The van der Waals surface area contributed by atoms with E-state index >= 15 is 0 Å². The summed E-state index contributed by atoms with van der Waals surface area (Å²) in [4.78, 5) is 11.7. The van der Waals surface area contributed by atoms with Gasteiger partial charge >= 0.3 is 5.97 Å². The van der Waals surface area contributed by atoms with Gasteiger partial charge in [-0.25, -0.2) is 4.79 Å². The topological polar surface area (TPSA) is 54.0 Å². The molecule has 2 aromatic rings. The highest BCUT2D eigenvalue weighted by Crippen LogP contribution is 2.40. The molecule has 0 N–H and O–H groups in total. The van der Waals surface area contributed by atoms with E-state index in [0.29, 0.717) is 23.9 Å². The van der Waals surface area contributed by atoms with Crippen LogP contribution in [0.2, 0.25) is 0 Å². The van der Waals surface area contributed by atoms with Gasteiger partial charge in [-0.3, -0.25) is 0 Å². The highest BCUT2D eigenvalue weighted by atomic mass is 16.5. The molecule has 0 saturated heterocycles. The van der Waals surface area contributed by atoms with E-state index in [4.69, 9.17) is 18.9 Å². The Morgan fingerprint density at radius 3 is 2.44 bits per heavy atom. The normalized spacial score (nSPS) is 10.6. The fraction of sp³-hybridized carbons (Fsp3) is 0.250. The van der Waals surface area contributed by atoms with Gasteiger partial charge in [0.05, 0.1) is 27.9 Å². The quantitative estimate of drug-likeness (QED) is 0.563. The van der Waals surface area contributed by atoms with Gasteiger partial charge in [-0.05, 0) is 48.4 Å². The molecule has 5 nitrogen and oxygen atoms in total. The molecule has 0 spiro atoms. The van der Waals surface area contributed by atoms with Crippen molar-refractivity contribution < 1.29 is 23.7 Å². The summed E-state index contributed by atoms with van der Waals surface area (Å²) >= 11 is 0. The van der Waals surface area contributed by atoms with Crippen LogP contribution in [0.1, 0.15) is 12.5 Å². The van der Waals surface area contributed by atoms with Crippen molar-refractivity contribution in [1.29, 1.82) is 0 Å². The van der Waals surface area contributed by atoms with E-state index in [1.807, 2.05) is 36.4 Å². The summed E-state index contributed by atoms with van der Waals surface area (Å²) in [5, 5.41) is 0. The third kappa shape index (κ3) is 4.32. The first-order valence-electron chi connectivity index (χ1n) is 7.88. The van der Waals surface area contributed by atoms with Crippen LogP contribution in [0.5, 0.6) is 17.2 Å². The van der Waals surface area contributed by atoms with Gasteiger partial charge in [0.1, 0.15) is 5.75 Å². The third-order valence-electron chi connectivity index (χ3n) is 3.64. The predicted octanol–water partition coefficient (Wildman–Crippen LogP) is 3.96. The zero-order chi connectivity index (χ0) is 18.2. The van der Waals surface area contributed by atoms with Crippen molar-refractivity contribution in [3.8, 4) is 28.4 Å². The Kier molecular flexibility index (Phi) is 6.46. The average Bonchev–Trinajstić information content (AvgIpc) is 2.65. The summed E-state index contributed by atoms with van der Waals surface area (Å²) in [7, 11) is 4.79. The molecule has 2 rings (SSSR count). The second-order valence-corrected chi connectivity index (χ2v) is 5.08. The number of carbonyl (C=O) groups excluding carboxylic acids is 1. The molecular weight excluding hydrogens is 320 g/mol. The summed E-state index contributed by atoms with van der Waals surface area (Å²) in [6.07, 6.45) is 3.10. The highest BCUT2D eigenvalue weighted by Gasteiger charge is 2.14. The van der Waals surface area contributed by atoms with Crippen molar-refractivity contribution in [2.24, 2.45) is 0 Å². The minimum atomic E-state index is -0.395. The van der Waals surface area contributed by atoms with E-state index in [1.54, 1.807) is 34.3 Å². The number of benzene rings is 2. The molecule has 0 atom stereocenters. The number of carbonyl (C=O) groups is 1. The molecule has 2 aromatic carbocycles. The highest BCUT2D eigenvalue weighted by molar-refractivity contribution is 5.90. The summed E-state index contributed by atoms with van der Waals surface area (Å²) in [6.45, 7) is 2.10. The number of ether oxygens (including phenoxy) is 4. The second kappa shape index (κ2) is 8.78. The second-order valence-electron chi connectivity index (χ2n) is 5.08. The first kappa shape index (κ1) is 18.4. The van der Waals surface area contributed by atoms with E-state index in [0.717, 1.165) is 16.7 Å². The van der Waals surface area contributed by atoms with Gasteiger partial charge in [0.15, 0.2) is 11.5 Å². The Morgan fingerprint density at radius 2 is 1.80 bits per heavy atom. The smallest absolute Gasteiger partial charge is 0.330 e. The van der Waals surface area contributed by atoms with E-state index in [-0.39, 0.29) is 0 Å². The molecule has 0 saturated carbocycles. The Hall–Kier alpha value is -2.95. The fourth-order valence-corrected chi connectivity index (χ4v) is 2.50. The molecule has 0 aliphatic carbocycles. The molecule has 0 aromatic heterocycles. The van der Waals surface area contributed by atoms with Gasteiger partial charge in [0, 0.05) is 11.6 Å². The molecular formula is C20H22O5. The van der Waals surface area contributed by atoms with Gasteiger partial charge in [-0.1, -0.05) is 12.1 Å². The van der Waals surface area contributed by atoms with Gasteiger partial charge in [0.25, 0.3) is 0 Å². The molecule has 0 aliphatic heterocycles. The van der Waals surface area contributed by atoms with Gasteiger partial charge < -0.3 is 18.9 Å². The van der Waals surface area contributed by atoms with Crippen LogP contribution in [-0.4, -0.2) is 33.9 Å². The van der Waals surface area contributed by atoms with E-state index in [1.165, 1.54) is 6.08 Å². The zero-order valence-electron chi connectivity index (χ0n) is 14.9. The van der Waals surface area contributed by atoms with Crippen molar-refractivity contribution in [3.63, 3.8) is 0 Å². The lowest BCUT2D eigenvalue weighted by Gasteiger charge is -2.15. The van der Waals surface area contributed by atoms with E-state index in [9.17, 15) is 4.79 Å². The molecule has 5 heteroatoms. The first-order chi connectivity index (χ1) is 12.1. The monoisotopic (exact) mass is 342 g/mol. The average molecular weight is 342 g/mol.